The minimum absolute atomic E-state index is 0.0174. The van der Waals surface area contributed by atoms with Crippen LogP contribution in [-0.2, 0) is 6.54 Å². The Morgan fingerprint density at radius 2 is 1.95 bits per heavy atom. The van der Waals surface area contributed by atoms with Crippen molar-refractivity contribution in [3.63, 3.8) is 0 Å². The molecule has 0 spiro atoms. The molecular weight excluding hydrogens is 256 g/mol. The average Bonchev–Trinajstić information content (AvgIpc) is 2.80. The van der Waals surface area contributed by atoms with Gasteiger partial charge < -0.3 is 11.1 Å². The largest absolute Gasteiger partial charge is 0.396 e. The number of Topliss-reactive ketones (excluding diaryl/α,β-unsaturated/α-hetero) is 1. The van der Waals surface area contributed by atoms with Crippen molar-refractivity contribution in [3.8, 4) is 0 Å². The fraction of sp³-hybridized carbons (Fsp3) is 0.214. The number of nitrogens with zero attached hydrogens (tertiary/aromatic N) is 2. The average molecular weight is 272 g/mol. The van der Waals surface area contributed by atoms with Gasteiger partial charge in [-0.25, -0.2) is 0 Å². The molecule has 0 saturated carbocycles. The summed E-state index contributed by atoms with van der Waals surface area (Å²) in [7, 11) is 0. The smallest absolute Gasteiger partial charge is 0.276 e. The first-order chi connectivity index (χ1) is 9.52. The molecular formula is C14H16N4O2. The zero-order valence-electron chi connectivity index (χ0n) is 11.4. The molecule has 20 heavy (non-hydrogen) atoms. The number of ketones is 1. The van der Waals surface area contributed by atoms with Gasteiger partial charge >= 0.3 is 0 Å². The SMILES string of the molecule is CCn1ncc(N)c1C(=O)Nc1ccc(C(C)=O)cc1. The molecule has 0 unspecified atom stereocenters. The molecule has 0 aliphatic carbocycles. The Labute approximate surface area is 116 Å². The molecule has 2 rings (SSSR count). The highest BCUT2D eigenvalue weighted by molar-refractivity contribution is 6.06. The number of nitrogens with one attached hydrogen (secondary N) is 1. The summed E-state index contributed by atoms with van der Waals surface area (Å²) >= 11 is 0. The lowest BCUT2D eigenvalue weighted by molar-refractivity contribution is 0.101. The van der Waals surface area contributed by atoms with Gasteiger partial charge in [0.2, 0.25) is 0 Å². The van der Waals surface area contributed by atoms with E-state index in [-0.39, 0.29) is 11.7 Å². The van der Waals surface area contributed by atoms with Crippen molar-refractivity contribution in [1.82, 2.24) is 9.78 Å². The normalized spacial score (nSPS) is 10.3. The number of benzene rings is 1. The quantitative estimate of drug-likeness (QED) is 0.832. The van der Waals surface area contributed by atoms with Crippen molar-refractivity contribution < 1.29 is 9.59 Å². The van der Waals surface area contributed by atoms with Crippen LogP contribution in [0.25, 0.3) is 0 Å². The molecule has 6 nitrogen and oxygen atoms in total. The lowest BCUT2D eigenvalue weighted by Crippen LogP contribution is -2.18. The van der Waals surface area contributed by atoms with Gasteiger partial charge in [-0.1, -0.05) is 0 Å². The molecule has 1 aromatic carbocycles. The van der Waals surface area contributed by atoms with Crippen LogP contribution in [0.5, 0.6) is 0 Å². The maximum Gasteiger partial charge on any atom is 0.276 e. The first-order valence-corrected chi connectivity index (χ1v) is 6.26. The van der Waals surface area contributed by atoms with Crippen LogP contribution in [0.4, 0.5) is 11.4 Å². The summed E-state index contributed by atoms with van der Waals surface area (Å²) in [5, 5.41) is 6.76. The van der Waals surface area contributed by atoms with Gasteiger partial charge in [-0.2, -0.15) is 5.10 Å². The molecule has 0 atom stereocenters. The Morgan fingerprint density at radius 3 is 2.50 bits per heavy atom. The zero-order chi connectivity index (χ0) is 14.7. The van der Waals surface area contributed by atoms with E-state index in [0.29, 0.717) is 29.2 Å². The zero-order valence-corrected chi connectivity index (χ0v) is 11.4. The monoisotopic (exact) mass is 272 g/mol. The summed E-state index contributed by atoms with van der Waals surface area (Å²) in [6, 6.07) is 6.69. The number of rotatable bonds is 4. The fourth-order valence-electron chi connectivity index (χ4n) is 1.87. The second-order valence-corrected chi connectivity index (χ2v) is 4.35. The Morgan fingerprint density at radius 1 is 1.30 bits per heavy atom. The highest BCUT2D eigenvalue weighted by Gasteiger charge is 2.16. The van der Waals surface area contributed by atoms with Crippen LogP contribution in [-0.4, -0.2) is 21.5 Å². The summed E-state index contributed by atoms with van der Waals surface area (Å²) < 4.78 is 1.54. The first kappa shape index (κ1) is 13.8. The summed E-state index contributed by atoms with van der Waals surface area (Å²) in [5.74, 6) is -0.339. The molecule has 3 N–H and O–H groups in total. The molecule has 0 saturated heterocycles. The van der Waals surface area contributed by atoms with Gasteiger partial charge in [0.15, 0.2) is 5.78 Å². The summed E-state index contributed by atoms with van der Waals surface area (Å²) in [5.41, 5.74) is 7.62. The van der Waals surface area contributed by atoms with E-state index in [1.807, 2.05) is 6.92 Å². The molecule has 0 aliphatic heterocycles. The third kappa shape index (κ3) is 2.69. The molecule has 104 valence electrons. The number of aryl methyl sites for hydroxylation is 1. The van der Waals surface area contributed by atoms with Gasteiger partial charge in [-0.3, -0.25) is 14.3 Å². The van der Waals surface area contributed by atoms with Crippen molar-refractivity contribution in [2.45, 2.75) is 20.4 Å². The number of hydrogen-bond donors (Lipinski definition) is 2. The van der Waals surface area contributed by atoms with Crippen LogP contribution in [0, 0.1) is 0 Å². The molecule has 1 amide bonds. The third-order valence-electron chi connectivity index (χ3n) is 2.93. The van der Waals surface area contributed by atoms with Crippen molar-refractivity contribution >= 4 is 23.1 Å². The van der Waals surface area contributed by atoms with Crippen molar-refractivity contribution in [3.05, 3.63) is 41.7 Å². The van der Waals surface area contributed by atoms with Crippen LogP contribution in [0.15, 0.2) is 30.5 Å². The molecule has 6 heteroatoms. The predicted molar refractivity (Wildman–Crippen MR) is 76.7 cm³/mol. The molecule has 2 aromatic rings. The minimum Gasteiger partial charge on any atom is -0.396 e. The van der Waals surface area contributed by atoms with Crippen molar-refractivity contribution in [1.29, 1.82) is 0 Å². The number of amides is 1. The number of carbonyl (C=O) groups is 2. The van der Waals surface area contributed by atoms with Crippen LogP contribution < -0.4 is 11.1 Å². The van der Waals surface area contributed by atoms with Gasteiger partial charge in [0.25, 0.3) is 5.91 Å². The maximum atomic E-state index is 12.2. The molecule has 1 heterocycles. The lowest BCUT2D eigenvalue weighted by Gasteiger charge is -2.08. The minimum atomic E-state index is -0.322. The van der Waals surface area contributed by atoms with Gasteiger partial charge in [-0.05, 0) is 38.1 Å². The first-order valence-electron chi connectivity index (χ1n) is 6.26. The van der Waals surface area contributed by atoms with Crippen molar-refractivity contribution in [2.75, 3.05) is 11.1 Å². The Balaban J connectivity index is 2.19. The second kappa shape index (κ2) is 5.56. The van der Waals surface area contributed by atoms with Crippen LogP contribution in [0.3, 0.4) is 0 Å². The van der Waals surface area contributed by atoms with E-state index < -0.39 is 0 Å². The molecule has 0 fully saturated rings. The number of hydrogen-bond acceptors (Lipinski definition) is 4. The Hall–Kier alpha value is -2.63. The summed E-state index contributed by atoms with van der Waals surface area (Å²) in [4.78, 5) is 23.4. The van der Waals surface area contributed by atoms with E-state index in [0.717, 1.165) is 0 Å². The second-order valence-electron chi connectivity index (χ2n) is 4.35. The van der Waals surface area contributed by atoms with E-state index >= 15 is 0 Å². The van der Waals surface area contributed by atoms with Crippen LogP contribution >= 0.6 is 0 Å². The van der Waals surface area contributed by atoms with E-state index in [9.17, 15) is 9.59 Å². The van der Waals surface area contributed by atoms with Gasteiger partial charge in [0.1, 0.15) is 5.69 Å². The Kier molecular flexibility index (Phi) is 3.84. The lowest BCUT2D eigenvalue weighted by atomic mass is 10.1. The number of carbonyl (C=O) groups excluding carboxylic acids is 2. The van der Waals surface area contributed by atoms with E-state index in [1.54, 1.807) is 24.3 Å². The van der Waals surface area contributed by atoms with Gasteiger partial charge in [-0.15, -0.1) is 0 Å². The highest BCUT2D eigenvalue weighted by Crippen LogP contribution is 2.15. The number of aromatic nitrogens is 2. The molecule has 1 aromatic heterocycles. The molecule has 0 aliphatic rings. The van der Waals surface area contributed by atoms with E-state index in [1.165, 1.54) is 17.8 Å². The van der Waals surface area contributed by atoms with Crippen LogP contribution in [0.1, 0.15) is 34.7 Å². The third-order valence-corrected chi connectivity index (χ3v) is 2.93. The van der Waals surface area contributed by atoms with Crippen LogP contribution in [0.2, 0.25) is 0 Å². The number of nitrogen functional groups attached to an aromatic ring is 1. The number of anilines is 2. The highest BCUT2D eigenvalue weighted by atomic mass is 16.2. The Bertz CT molecular complexity index is 644. The predicted octanol–water partition coefficient (Wildman–Crippen LogP) is 1.94. The van der Waals surface area contributed by atoms with Gasteiger partial charge in [0, 0.05) is 17.8 Å². The number of nitrogens with two attached hydrogens (primary N) is 1. The summed E-state index contributed by atoms with van der Waals surface area (Å²) in [6.07, 6.45) is 1.46. The standard InChI is InChI=1S/C14H16N4O2/c1-3-18-13(12(15)8-16-18)14(20)17-11-6-4-10(5-7-11)9(2)19/h4-8H,3,15H2,1-2H3,(H,17,20). The maximum absolute atomic E-state index is 12.2. The fourth-order valence-corrected chi connectivity index (χ4v) is 1.87. The van der Waals surface area contributed by atoms with E-state index in [2.05, 4.69) is 10.4 Å². The van der Waals surface area contributed by atoms with Gasteiger partial charge in [0.05, 0.1) is 11.9 Å². The molecule has 0 bridgehead atoms. The molecule has 0 radical (unpaired) electrons. The topological polar surface area (TPSA) is 90.0 Å². The summed E-state index contributed by atoms with van der Waals surface area (Å²) in [6.45, 7) is 3.93. The van der Waals surface area contributed by atoms with Crippen molar-refractivity contribution in [2.24, 2.45) is 0 Å². The van der Waals surface area contributed by atoms with E-state index in [4.69, 9.17) is 5.73 Å².